The molecule has 58 heavy (non-hydrogen) atoms. The van der Waals surface area contributed by atoms with Crippen molar-refractivity contribution < 1.29 is 57.4 Å². The van der Waals surface area contributed by atoms with E-state index in [1.54, 1.807) is 42.5 Å². The number of phosphoric ester groups is 1. The maximum absolute atomic E-state index is 12.7. The van der Waals surface area contributed by atoms with E-state index in [0.717, 1.165) is 25.7 Å². The van der Waals surface area contributed by atoms with Crippen LogP contribution in [0.25, 0.3) is 0 Å². The molecule has 0 aliphatic rings. The Labute approximate surface area is 351 Å². The van der Waals surface area contributed by atoms with Gasteiger partial charge in [-0.15, -0.1) is 0 Å². The Morgan fingerprint density at radius 2 is 1.19 bits per heavy atom. The number of unbranched alkanes of at least 4 members (excludes halogenated alkanes) is 13. The second kappa shape index (κ2) is 36.4. The molecule has 0 spiro atoms. The number of esters is 2. The van der Waals surface area contributed by atoms with Gasteiger partial charge in [0.15, 0.2) is 6.10 Å². The fourth-order valence-electron chi connectivity index (χ4n) is 5.59. The van der Waals surface area contributed by atoms with Crippen LogP contribution in [0.3, 0.4) is 0 Å². The smallest absolute Gasteiger partial charge is 0.462 e. The van der Waals surface area contributed by atoms with Gasteiger partial charge in [-0.25, -0.2) is 4.57 Å². The lowest BCUT2D eigenvalue weighted by Crippen LogP contribution is -2.37. The van der Waals surface area contributed by atoms with E-state index in [1.807, 2.05) is 40.2 Å². The predicted octanol–water partition coefficient (Wildman–Crippen LogP) is 8.99. The number of carbonyl (C=O) groups excluding carboxylic acids is 2. The van der Waals surface area contributed by atoms with Crippen LogP contribution >= 0.6 is 7.82 Å². The van der Waals surface area contributed by atoms with Crippen LogP contribution < -0.4 is 0 Å². The van der Waals surface area contributed by atoms with Crippen molar-refractivity contribution in [3.8, 4) is 0 Å². The van der Waals surface area contributed by atoms with E-state index in [-0.39, 0.29) is 38.9 Å². The Bertz CT molecular complexity index is 1230. The van der Waals surface area contributed by atoms with Crippen molar-refractivity contribution in [1.82, 2.24) is 0 Å². The van der Waals surface area contributed by atoms with Crippen LogP contribution in [0.1, 0.15) is 142 Å². The summed E-state index contributed by atoms with van der Waals surface area (Å²) >= 11 is 0. The molecule has 0 aliphatic carbocycles. The van der Waals surface area contributed by atoms with Gasteiger partial charge in [0.05, 0.1) is 46.1 Å². The number of hydrogen-bond acceptors (Lipinski definition) is 10. The summed E-state index contributed by atoms with van der Waals surface area (Å²) in [6.07, 6.45) is 32.2. The number of rotatable bonds is 38. The van der Waals surface area contributed by atoms with Crippen LogP contribution in [0.5, 0.6) is 0 Å². The Hall–Kier alpha value is -2.41. The number of carbonyl (C=O) groups is 2. The molecule has 0 saturated heterocycles. The topological polar surface area (TPSA) is 169 Å². The summed E-state index contributed by atoms with van der Waals surface area (Å²) in [5.74, 6) is -1.13. The van der Waals surface area contributed by atoms with E-state index in [0.29, 0.717) is 23.9 Å². The Kier molecular flexibility index (Phi) is 34.9. The highest BCUT2D eigenvalue weighted by Gasteiger charge is 2.27. The maximum Gasteiger partial charge on any atom is 0.472 e. The third kappa shape index (κ3) is 37.8. The molecule has 0 aromatic heterocycles. The first-order valence-electron chi connectivity index (χ1n) is 21.8. The summed E-state index contributed by atoms with van der Waals surface area (Å²) in [6.45, 7) is 3.82. The number of aliphatic hydroxyl groups is 3. The lowest BCUT2D eigenvalue weighted by atomic mass is 10.0. The first-order chi connectivity index (χ1) is 27.7. The number of likely N-dealkylation sites (N-methyl/N-ethyl adjacent to an activating group) is 1. The number of aliphatic hydroxyl groups excluding tert-OH is 3. The molecule has 0 saturated carbocycles. The van der Waals surface area contributed by atoms with E-state index in [9.17, 15) is 34.4 Å². The summed E-state index contributed by atoms with van der Waals surface area (Å²) in [5, 5.41) is 30.4. The fourth-order valence-corrected chi connectivity index (χ4v) is 6.33. The average molecular weight is 843 g/mol. The van der Waals surface area contributed by atoms with E-state index >= 15 is 0 Å². The molecule has 0 aliphatic heterocycles. The molecule has 5 atom stereocenters. The molecule has 336 valence electrons. The monoisotopic (exact) mass is 843 g/mol. The van der Waals surface area contributed by atoms with E-state index in [2.05, 4.69) is 6.92 Å². The zero-order chi connectivity index (χ0) is 43.3. The summed E-state index contributed by atoms with van der Waals surface area (Å²) in [6, 6.07) is 0. The van der Waals surface area contributed by atoms with Gasteiger partial charge >= 0.3 is 19.8 Å². The molecule has 0 heterocycles. The van der Waals surface area contributed by atoms with Gasteiger partial charge < -0.3 is 34.2 Å². The molecule has 4 N–H and O–H groups in total. The largest absolute Gasteiger partial charge is 0.472 e. The van der Waals surface area contributed by atoms with Gasteiger partial charge in [-0.1, -0.05) is 158 Å². The van der Waals surface area contributed by atoms with Crippen molar-refractivity contribution in [2.24, 2.45) is 0 Å². The molecule has 0 bridgehead atoms. The zero-order valence-corrected chi connectivity index (χ0v) is 37.5. The normalized spacial score (nSPS) is 15.8. The molecule has 13 heteroatoms. The zero-order valence-electron chi connectivity index (χ0n) is 36.6. The third-order valence-corrected chi connectivity index (χ3v) is 10.1. The van der Waals surface area contributed by atoms with Crippen molar-refractivity contribution in [3.05, 3.63) is 60.8 Å². The predicted molar refractivity (Wildman–Crippen MR) is 233 cm³/mol. The summed E-state index contributed by atoms with van der Waals surface area (Å²) in [4.78, 5) is 35.4. The third-order valence-electron chi connectivity index (χ3n) is 9.15. The van der Waals surface area contributed by atoms with Gasteiger partial charge in [0.2, 0.25) is 0 Å². The minimum absolute atomic E-state index is 0.0255. The first-order valence-corrected chi connectivity index (χ1v) is 23.3. The minimum atomic E-state index is -4.46. The standard InChI is InChI=1S/C45H80NO11P/c1-6-8-10-11-12-13-14-15-16-17-18-19-24-28-34-45(51)57-41(39-56-58(52,53)55-37-36-46(3,4)5)38-54-44(50)35-29-33-43(49)42(48)32-27-23-21-20-22-26-31-40(47)30-25-9-7-2/h9,20-23,25-27,31-32,40-43,47-49H,6-8,10-19,24,28-30,33-39H2,1-5H3/p+1/b22-20+,23-21-,25-9-,31-26+,32-27-/t40-,41-,42+,43+/m1/s1. The second-order valence-electron chi connectivity index (χ2n) is 15.9. The Morgan fingerprint density at radius 3 is 1.76 bits per heavy atom. The fraction of sp³-hybridized carbons (Fsp3) is 0.733. The van der Waals surface area contributed by atoms with Crippen LogP contribution in [0.4, 0.5) is 0 Å². The molecule has 12 nitrogen and oxygen atoms in total. The highest BCUT2D eigenvalue weighted by Crippen LogP contribution is 2.43. The van der Waals surface area contributed by atoms with Crippen molar-refractivity contribution in [2.75, 3.05) is 47.5 Å². The SMILES string of the molecule is CC/C=C\C[C@@H](O)/C=C/C=C/C=C\C=C/[C@H](O)[C@@H](O)CCCC(=O)OC[C@H](COP(=O)(O)OCC[N+](C)(C)C)OC(=O)CCCCCCCCCCCCCCCC. The molecule has 0 radical (unpaired) electrons. The lowest BCUT2D eigenvalue weighted by Gasteiger charge is -2.24. The van der Waals surface area contributed by atoms with Crippen LogP contribution in [0.15, 0.2) is 60.8 Å². The maximum atomic E-state index is 12.7. The number of hydrogen-bond donors (Lipinski definition) is 4. The van der Waals surface area contributed by atoms with Gasteiger partial charge in [-0.05, 0) is 32.1 Å². The molecular weight excluding hydrogens is 761 g/mol. The molecule has 0 aromatic rings. The van der Waals surface area contributed by atoms with Gasteiger partial charge in [-0.2, -0.15) is 0 Å². The lowest BCUT2D eigenvalue weighted by molar-refractivity contribution is -0.870. The number of ether oxygens (including phenoxy) is 2. The quantitative estimate of drug-likeness (QED) is 0.0117. The summed E-state index contributed by atoms with van der Waals surface area (Å²) < 4.78 is 34.0. The summed E-state index contributed by atoms with van der Waals surface area (Å²) in [7, 11) is 1.28. The average Bonchev–Trinajstić information content (AvgIpc) is 3.16. The Balaban J connectivity index is 4.70. The van der Waals surface area contributed by atoms with E-state index < -0.39 is 50.8 Å². The Morgan fingerprint density at radius 1 is 0.655 bits per heavy atom. The van der Waals surface area contributed by atoms with Crippen molar-refractivity contribution >= 4 is 19.8 Å². The molecule has 1 unspecified atom stereocenters. The molecule has 0 fully saturated rings. The van der Waals surface area contributed by atoms with Gasteiger partial charge in [0, 0.05) is 12.8 Å². The van der Waals surface area contributed by atoms with E-state index in [1.165, 1.54) is 70.3 Å². The first kappa shape index (κ1) is 55.6. The van der Waals surface area contributed by atoms with Crippen LogP contribution in [-0.2, 0) is 32.7 Å². The molecule has 0 rings (SSSR count). The van der Waals surface area contributed by atoms with Crippen LogP contribution in [0, 0.1) is 0 Å². The highest BCUT2D eigenvalue weighted by atomic mass is 31.2. The number of allylic oxidation sites excluding steroid dienone is 7. The van der Waals surface area contributed by atoms with Gasteiger partial charge in [-0.3, -0.25) is 18.6 Å². The number of nitrogens with zero attached hydrogens (tertiary/aromatic N) is 1. The second-order valence-corrected chi connectivity index (χ2v) is 17.4. The molecular formula is C45H81NO11P+. The van der Waals surface area contributed by atoms with Crippen LogP contribution in [-0.4, -0.2) is 109 Å². The molecule has 0 aromatic carbocycles. The number of quaternary nitrogens is 1. The number of phosphoric acid groups is 1. The highest BCUT2D eigenvalue weighted by molar-refractivity contribution is 7.47. The van der Waals surface area contributed by atoms with Gasteiger partial charge in [0.25, 0.3) is 0 Å². The van der Waals surface area contributed by atoms with Crippen molar-refractivity contribution in [2.45, 2.75) is 167 Å². The van der Waals surface area contributed by atoms with Crippen molar-refractivity contribution in [1.29, 1.82) is 0 Å². The van der Waals surface area contributed by atoms with Gasteiger partial charge in [0.1, 0.15) is 19.8 Å². The summed E-state index contributed by atoms with van der Waals surface area (Å²) in [5.41, 5.74) is 0. The van der Waals surface area contributed by atoms with Crippen LogP contribution in [0.2, 0.25) is 0 Å². The van der Waals surface area contributed by atoms with Crippen molar-refractivity contribution in [3.63, 3.8) is 0 Å². The minimum Gasteiger partial charge on any atom is -0.462 e. The van der Waals surface area contributed by atoms with E-state index in [4.69, 9.17) is 18.5 Å². The molecule has 0 amide bonds.